The van der Waals surface area contributed by atoms with Gasteiger partial charge in [0.05, 0.1) is 12.5 Å². The Morgan fingerprint density at radius 1 is 1.45 bits per heavy atom. The molecule has 0 saturated heterocycles. The van der Waals surface area contributed by atoms with Crippen LogP contribution in [-0.2, 0) is 4.79 Å². The molecule has 6 heteroatoms. The molecular formula is C14H21N3O3. The highest BCUT2D eigenvalue weighted by Crippen LogP contribution is 2.27. The molecule has 1 heterocycles. The van der Waals surface area contributed by atoms with E-state index in [4.69, 9.17) is 4.74 Å². The number of aryl methyl sites for hydroxylation is 1. The number of nitrogens with one attached hydrogen (secondary N) is 1. The predicted octanol–water partition coefficient (Wildman–Crippen LogP) is 2.24. The monoisotopic (exact) mass is 279 g/mol. The number of hydrogen-bond donors (Lipinski definition) is 2. The molecule has 0 aliphatic heterocycles. The van der Waals surface area contributed by atoms with Crippen LogP contribution in [0, 0.1) is 12.8 Å². The van der Waals surface area contributed by atoms with Gasteiger partial charge in [-0.2, -0.15) is 4.98 Å². The first kappa shape index (κ1) is 14.6. The van der Waals surface area contributed by atoms with Gasteiger partial charge in [-0.15, -0.1) is 0 Å². The molecule has 1 aliphatic rings. The molecule has 0 aromatic carbocycles. The van der Waals surface area contributed by atoms with Gasteiger partial charge in [-0.1, -0.05) is 12.8 Å². The van der Waals surface area contributed by atoms with Crippen molar-refractivity contribution in [3.63, 3.8) is 0 Å². The molecule has 2 unspecified atom stereocenters. The fourth-order valence-corrected chi connectivity index (χ4v) is 2.59. The predicted molar refractivity (Wildman–Crippen MR) is 74.9 cm³/mol. The molecule has 1 aromatic rings. The van der Waals surface area contributed by atoms with Crippen molar-refractivity contribution in [2.45, 2.75) is 45.6 Å². The molecule has 6 nitrogen and oxygen atoms in total. The van der Waals surface area contributed by atoms with E-state index in [1.54, 1.807) is 6.07 Å². The van der Waals surface area contributed by atoms with Crippen LogP contribution in [-0.4, -0.2) is 33.7 Å². The lowest BCUT2D eigenvalue weighted by Gasteiger charge is -2.29. The maximum atomic E-state index is 11.3. The van der Waals surface area contributed by atoms with Crippen LogP contribution in [0.1, 0.15) is 38.3 Å². The van der Waals surface area contributed by atoms with E-state index in [1.165, 1.54) is 0 Å². The number of rotatable bonds is 5. The number of carboxylic acids is 1. The highest BCUT2D eigenvalue weighted by molar-refractivity contribution is 5.71. The molecule has 1 saturated carbocycles. The third-order valence-electron chi connectivity index (χ3n) is 3.52. The number of carbonyl (C=O) groups is 1. The third-order valence-corrected chi connectivity index (χ3v) is 3.52. The largest absolute Gasteiger partial charge is 0.481 e. The summed E-state index contributed by atoms with van der Waals surface area (Å²) in [6.45, 7) is 4.30. The first-order chi connectivity index (χ1) is 9.60. The second kappa shape index (κ2) is 6.54. The van der Waals surface area contributed by atoms with E-state index in [9.17, 15) is 9.90 Å². The molecule has 0 radical (unpaired) electrons. The van der Waals surface area contributed by atoms with Crippen LogP contribution in [0.15, 0.2) is 6.07 Å². The topological polar surface area (TPSA) is 84.3 Å². The highest BCUT2D eigenvalue weighted by atomic mass is 16.5. The van der Waals surface area contributed by atoms with Crippen molar-refractivity contribution < 1.29 is 14.6 Å². The van der Waals surface area contributed by atoms with E-state index in [2.05, 4.69) is 15.3 Å². The Labute approximate surface area is 118 Å². The Bertz CT molecular complexity index is 479. The van der Waals surface area contributed by atoms with Crippen molar-refractivity contribution in [3.05, 3.63) is 11.8 Å². The molecule has 1 aromatic heterocycles. The van der Waals surface area contributed by atoms with Crippen molar-refractivity contribution in [3.8, 4) is 5.88 Å². The SMILES string of the molecule is CCOc1cc(C)nc(NC2CCCCC2C(=O)O)n1. The molecule has 0 amide bonds. The Balaban J connectivity index is 2.13. The first-order valence-corrected chi connectivity index (χ1v) is 7.08. The quantitative estimate of drug-likeness (QED) is 0.860. The molecule has 110 valence electrons. The van der Waals surface area contributed by atoms with Gasteiger partial charge < -0.3 is 15.2 Å². The third kappa shape index (κ3) is 3.59. The van der Waals surface area contributed by atoms with Gasteiger partial charge in [-0.25, -0.2) is 4.98 Å². The van der Waals surface area contributed by atoms with Crippen LogP contribution in [0.5, 0.6) is 5.88 Å². The standard InChI is InChI=1S/C14H21N3O3/c1-3-20-12-8-9(2)15-14(17-12)16-11-7-5-4-6-10(11)13(18)19/h8,10-11H,3-7H2,1-2H3,(H,18,19)(H,15,16,17). The Kier molecular flexibility index (Phi) is 4.76. The Morgan fingerprint density at radius 2 is 2.20 bits per heavy atom. The summed E-state index contributed by atoms with van der Waals surface area (Å²) in [5, 5.41) is 12.4. The van der Waals surface area contributed by atoms with Crippen LogP contribution in [0.2, 0.25) is 0 Å². The Hall–Kier alpha value is -1.85. The normalized spacial score (nSPS) is 22.3. The van der Waals surface area contributed by atoms with Gasteiger partial charge in [0.2, 0.25) is 11.8 Å². The zero-order chi connectivity index (χ0) is 14.5. The van der Waals surface area contributed by atoms with Gasteiger partial charge >= 0.3 is 5.97 Å². The maximum absolute atomic E-state index is 11.3. The number of hydrogen-bond acceptors (Lipinski definition) is 5. The summed E-state index contributed by atoms with van der Waals surface area (Å²) in [5.41, 5.74) is 0.800. The summed E-state index contributed by atoms with van der Waals surface area (Å²) >= 11 is 0. The minimum absolute atomic E-state index is 0.113. The highest BCUT2D eigenvalue weighted by Gasteiger charge is 2.31. The summed E-state index contributed by atoms with van der Waals surface area (Å²) in [6.07, 6.45) is 3.54. The maximum Gasteiger partial charge on any atom is 0.308 e. The smallest absolute Gasteiger partial charge is 0.308 e. The van der Waals surface area contributed by atoms with E-state index >= 15 is 0 Å². The molecule has 0 bridgehead atoms. The lowest BCUT2D eigenvalue weighted by molar-refractivity contribution is -0.143. The fraction of sp³-hybridized carbons (Fsp3) is 0.643. The zero-order valence-electron chi connectivity index (χ0n) is 11.9. The average molecular weight is 279 g/mol. The number of carboxylic acid groups (broad SMARTS) is 1. The first-order valence-electron chi connectivity index (χ1n) is 7.08. The lowest BCUT2D eigenvalue weighted by Crippen LogP contribution is -2.37. The van der Waals surface area contributed by atoms with Gasteiger partial charge in [0.25, 0.3) is 0 Å². The summed E-state index contributed by atoms with van der Waals surface area (Å²) in [7, 11) is 0. The second-order valence-corrected chi connectivity index (χ2v) is 5.08. The lowest BCUT2D eigenvalue weighted by atomic mass is 9.84. The minimum atomic E-state index is -0.750. The molecule has 1 aliphatic carbocycles. The summed E-state index contributed by atoms with van der Waals surface area (Å²) < 4.78 is 5.38. The van der Waals surface area contributed by atoms with E-state index in [-0.39, 0.29) is 12.0 Å². The van der Waals surface area contributed by atoms with E-state index < -0.39 is 5.97 Å². The molecule has 2 rings (SSSR count). The molecule has 0 spiro atoms. The number of anilines is 1. The van der Waals surface area contributed by atoms with Gasteiger partial charge in [0.15, 0.2) is 0 Å². The molecule has 2 N–H and O–H groups in total. The average Bonchev–Trinajstić information content (AvgIpc) is 2.38. The molecule has 1 fully saturated rings. The van der Waals surface area contributed by atoms with E-state index in [0.717, 1.165) is 25.0 Å². The van der Waals surface area contributed by atoms with Crippen molar-refractivity contribution in [2.75, 3.05) is 11.9 Å². The van der Waals surface area contributed by atoms with Crippen LogP contribution in [0.3, 0.4) is 0 Å². The zero-order valence-corrected chi connectivity index (χ0v) is 11.9. The van der Waals surface area contributed by atoms with E-state index in [0.29, 0.717) is 24.9 Å². The molecule has 20 heavy (non-hydrogen) atoms. The van der Waals surface area contributed by atoms with Crippen LogP contribution >= 0.6 is 0 Å². The molecular weight excluding hydrogens is 258 g/mol. The van der Waals surface area contributed by atoms with Gasteiger partial charge in [0, 0.05) is 17.8 Å². The van der Waals surface area contributed by atoms with Crippen LogP contribution < -0.4 is 10.1 Å². The summed E-state index contributed by atoms with van der Waals surface area (Å²) in [5.74, 6) is -0.153. The second-order valence-electron chi connectivity index (χ2n) is 5.08. The number of aliphatic carboxylic acids is 1. The van der Waals surface area contributed by atoms with E-state index in [1.807, 2.05) is 13.8 Å². The van der Waals surface area contributed by atoms with Crippen molar-refractivity contribution >= 4 is 11.9 Å². The van der Waals surface area contributed by atoms with Crippen LogP contribution in [0.4, 0.5) is 5.95 Å². The number of aromatic nitrogens is 2. The van der Waals surface area contributed by atoms with Crippen LogP contribution in [0.25, 0.3) is 0 Å². The van der Waals surface area contributed by atoms with Gasteiger partial charge in [0.1, 0.15) is 0 Å². The van der Waals surface area contributed by atoms with Crippen molar-refractivity contribution in [2.24, 2.45) is 5.92 Å². The number of ether oxygens (including phenoxy) is 1. The summed E-state index contributed by atoms with van der Waals surface area (Å²) in [4.78, 5) is 19.9. The van der Waals surface area contributed by atoms with Crippen molar-refractivity contribution in [1.82, 2.24) is 9.97 Å². The fourth-order valence-electron chi connectivity index (χ4n) is 2.59. The number of nitrogens with zero attached hydrogens (tertiary/aromatic N) is 2. The summed E-state index contributed by atoms with van der Waals surface area (Å²) in [6, 6.07) is 1.65. The Morgan fingerprint density at radius 3 is 2.90 bits per heavy atom. The van der Waals surface area contributed by atoms with Gasteiger partial charge in [-0.3, -0.25) is 4.79 Å². The van der Waals surface area contributed by atoms with Gasteiger partial charge in [-0.05, 0) is 26.7 Å². The molecule has 2 atom stereocenters. The minimum Gasteiger partial charge on any atom is -0.481 e. The van der Waals surface area contributed by atoms with Crippen molar-refractivity contribution in [1.29, 1.82) is 0 Å².